The average molecular weight is 355 g/mol. The molecule has 2 atom stereocenters. The summed E-state index contributed by atoms with van der Waals surface area (Å²) < 4.78 is 5.52. The van der Waals surface area contributed by atoms with E-state index in [0.29, 0.717) is 18.2 Å². The third-order valence-electron chi connectivity index (χ3n) is 4.34. The van der Waals surface area contributed by atoms with E-state index in [9.17, 15) is 9.90 Å². The van der Waals surface area contributed by atoms with Crippen LogP contribution in [0.2, 0.25) is 0 Å². The van der Waals surface area contributed by atoms with Gasteiger partial charge in [0.1, 0.15) is 5.75 Å². The molecule has 4 heteroatoms. The van der Waals surface area contributed by atoms with Gasteiger partial charge in [-0.25, -0.2) is 0 Å². The normalized spacial score (nSPS) is 13.5. The number of hydrogen-bond acceptors (Lipinski definition) is 4. The number of benzene rings is 2. The topological polar surface area (TPSA) is 58.6 Å². The average Bonchev–Trinajstić information content (AvgIpc) is 2.61. The van der Waals surface area contributed by atoms with E-state index in [2.05, 4.69) is 31.3 Å². The van der Waals surface area contributed by atoms with Crippen LogP contribution in [0.5, 0.6) is 5.75 Å². The van der Waals surface area contributed by atoms with Gasteiger partial charge in [-0.1, -0.05) is 50.2 Å². The van der Waals surface area contributed by atoms with Crippen molar-refractivity contribution in [3.8, 4) is 5.75 Å². The van der Waals surface area contributed by atoms with Gasteiger partial charge >= 0.3 is 5.97 Å². The third-order valence-corrected chi connectivity index (χ3v) is 4.34. The summed E-state index contributed by atoms with van der Waals surface area (Å²) in [5.74, 6) is 0.399. The van der Waals surface area contributed by atoms with Crippen molar-refractivity contribution in [2.75, 3.05) is 13.6 Å². The Kier molecular flexibility index (Phi) is 7.37. The first-order valence-electron chi connectivity index (χ1n) is 9.13. The maximum absolute atomic E-state index is 12.5. The number of aliphatic hydroxyl groups excluding tert-OH is 1. The molecule has 0 aliphatic rings. The van der Waals surface area contributed by atoms with E-state index in [0.717, 1.165) is 17.5 Å². The summed E-state index contributed by atoms with van der Waals surface area (Å²) in [6.45, 7) is 6.67. The molecule has 0 spiro atoms. The number of esters is 1. The van der Waals surface area contributed by atoms with Crippen LogP contribution in [-0.4, -0.2) is 24.7 Å². The van der Waals surface area contributed by atoms with Crippen LogP contribution in [0.4, 0.5) is 0 Å². The molecule has 2 aromatic rings. The van der Waals surface area contributed by atoms with E-state index in [4.69, 9.17) is 4.74 Å². The van der Waals surface area contributed by atoms with Crippen molar-refractivity contribution in [2.24, 2.45) is 5.92 Å². The van der Waals surface area contributed by atoms with E-state index >= 15 is 0 Å². The summed E-state index contributed by atoms with van der Waals surface area (Å²) in [5, 5.41) is 13.0. The maximum Gasteiger partial charge on any atom is 0.318 e. The molecular formula is C22H29NO3. The Labute approximate surface area is 156 Å². The van der Waals surface area contributed by atoms with Gasteiger partial charge in [-0.15, -0.1) is 0 Å². The first-order valence-corrected chi connectivity index (χ1v) is 9.13. The molecule has 2 N–H and O–H groups in total. The van der Waals surface area contributed by atoms with Gasteiger partial charge in [0.15, 0.2) is 0 Å². The van der Waals surface area contributed by atoms with Gasteiger partial charge in [0, 0.05) is 6.54 Å². The minimum atomic E-state index is -0.635. The van der Waals surface area contributed by atoms with Gasteiger partial charge < -0.3 is 15.2 Å². The Balaban J connectivity index is 2.03. The Morgan fingerprint density at radius 1 is 1.08 bits per heavy atom. The summed E-state index contributed by atoms with van der Waals surface area (Å²) in [4.78, 5) is 12.5. The van der Waals surface area contributed by atoms with Crippen molar-refractivity contribution in [3.63, 3.8) is 0 Å². The fourth-order valence-corrected chi connectivity index (χ4v) is 2.85. The number of rotatable bonds is 8. The summed E-state index contributed by atoms with van der Waals surface area (Å²) in [6, 6.07) is 15.2. The van der Waals surface area contributed by atoms with E-state index in [1.807, 2.05) is 25.1 Å². The molecule has 0 aromatic heterocycles. The van der Waals surface area contributed by atoms with Crippen molar-refractivity contribution >= 4 is 5.97 Å². The highest BCUT2D eigenvalue weighted by atomic mass is 16.5. The predicted octanol–water partition coefficient (Wildman–Crippen LogP) is 3.85. The smallest absolute Gasteiger partial charge is 0.318 e. The fourth-order valence-electron chi connectivity index (χ4n) is 2.85. The standard InChI is InChI=1S/C22H29NO3/c1-15(2)12-17-8-10-18(11-9-17)16(3)22(25)26-20-7-5-6-19(13-20)21(24)14-23-4/h5-11,13,15-16,21,23-24H,12,14H2,1-4H3/t16?,21-/m0/s1. The third kappa shape index (κ3) is 5.68. The van der Waals surface area contributed by atoms with Gasteiger partial charge in [-0.2, -0.15) is 0 Å². The van der Waals surface area contributed by atoms with Crippen molar-refractivity contribution in [1.82, 2.24) is 5.32 Å². The predicted molar refractivity (Wildman–Crippen MR) is 104 cm³/mol. The number of nitrogens with one attached hydrogen (secondary N) is 1. The van der Waals surface area contributed by atoms with Gasteiger partial charge in [0.05, 0.1) is 12.0 Å². The molecule has 0 radical (unpaired) electrons. The molecule has 0 aliphatic heterocycles. The Morgan fingerprint density at radius 2 is 1.77 bits per heavy atom. The monoisotopic (exact) mass is 355 g/mol. The zero-order valence-electron chi connectivity index (χ0n) is 16.0. The summed E-state index contributed by atoms with van der Waals surface area (Å²) in [5.41, 5.74) is 2.93. The first-order chi connectivity index (χ1) is 12.4. The number of carbonyl (C=O) groups is 1. The summed E-state index contributed by atoms with van der Waals surface area (Å²) in [7, 11) is 1.78. The highest BCUT2D eigenvalue weighted by molar-refractivity contribution is 5.80. The maximum atomic E-state index is 12.5. The zero-order chi connectivity index (χ0) is 19.1. The molecule has 1 unspecified atom stereocenters. The molecular weight excluding hydrogens is 326 g/mol. The van der Waals surface area contributed by atoms with Gasteiger partial charge in [0.2, 0.25) is 0 Å². The second-order valence-electron chi connectivity index (χ2n) is 7.13. The van der Waals surface area contributed by atoms with Gasteiger partial charge in [0.25, 0.3) is 0 Å². The van der Waals surface area contributed by atoms with E-state index in [-0.39, 0.29) is 11.9 Å². The molecule has 26 heavy (non-hydrogen) atoms. The van der Waals surface area contributed by atoms with Crippen LogP contribution >= 0.6 is 0 Å². The lowest BCUT2D eigenvalue weighted by molar-refractivity contribution is -0.135. The minimum Gasteiger partial charge on any atom is -0.426 e. The van der Waals surface area contributed by atoms with Gasteiger partial charge in [-0.05, 0) is 55.1 Å². The Bertz CT molecular complexity index is 710. The van der Waals surface area contributed by atoms with Gasteiger partial charge in [-0.3, -0.25) is 4.79 Å². The van der Waals surface area contributed by atoms with E-state index < -0.39 is 6.10 Å². The van der Waals surface area contributed by atoms with Crippen molar-refractivity contribution in [2.45, 2.75) is 39.2 Å². The molecule has 2 aromatic carbocycles. The van der Waals surface area contributed by atoms with Crippen molar-refractivity contribution in [1.29, 1.82) is 0 Å². The minimum absolute atomic E-state index is 0.304. The second kappa shape index (κ2) is 9.51. The molecule has 0 aliphatic carbocycles. The van der Waals surface area contributed by atoms with Crippen LogP contribution in [0.25, 0.3) is 0 Å². The molecule has 4 nitrogen and oxygen atoms in total. The second-order valence-corrected chi connectivity index (χ2v) is 7.13. The lowest BCUT2D eigenvalue weighted by Gasteiger charge is -2.15. The number of hydrogen-bond donors (Lipinski definition) is 2. The molecule has 140 valence electrons. The summed E-state index contributed by atoms with van der Waals surface area (Å²) in [6.07, 6.45) is 0.394. The highest BCUT2D eigenvalue weighted by Gasteiger charge is 2.18. The highest BCUT2D eigenvalue weighted by Crippen LogP contribution is 2.23. The quantitative estimate of drug-likeness (QED) is 0.558. The largest absolute Gasteiger partial charge is 0.426 e. The SMILES string of the molecule is CNC[C@H](O)c1cccc(OC(=O)C(C)c2ccc(CC(C)C)cc2)c1. The van der Waals surface area contributed by atoms with Crippen LogP contribution in [0.15, 0.2) is 48.5 Å². The van der Waals surface area contributed by atoms with E-state index in [1.54, 1.807) is 25.2 Å². The number of carbonyl (C=O) groups excluding carboxylic acids is 1. The zero-order valence-corrected chi connectivity index (χ0v) is 16.0. The Hall–Kier alpha value is -2.17. The Morgan fingerprint density at radius 3 is 2.38 bits per heavy atom. The van der Waals surface area contributed by atoms with Crippen molar-refractivity contribution in [3.05, 3.63) is 65.2 Å². The molecule has 0 heterocycles. The van der Waals surface area contributed by atoms with Crippen LogP contribution < -0.4 is 10.1 Å². The number of ether oxygens (including phenoxy) is 1. The van der Waals surface area contributed by atoms with E-state index in [1.165, 1.54) is 5.56 Å². The molecule has 0 amide bonds. The molecule has 0 saturated heterocycles. The molecule has 2 rings (SSSR count). The number of likely N-dealkylation sites (N-methyl/N-ethyl adjacent to an activating group) is 1. The van der Waals surface area contributed by atoms with Crippen LogP contribution in [-0.2, 0) is 11.2 Å². The molecule has 0 saturated carbocycles. The van der Waals surface area contributed by atoms with Crippen LogP contribution in [0.1, 0.15) is 49.5 Å². The molecule has 0 bridgehead atoms. The lowest BCUT2D eigenvalue weighted by Crippen LogP contribution is -2.18. The van der Waals surface area contributed by atoms with Crippen LogP contribution in [0.3, 0.4) is 0 Å². The summed E-state index contributed by atoms with van der Waals surface area (Å²) >= 11 is 0. The lowest BCUT2D eigenvalue weighted by atomic mass is 9.97. The van der Waals surface area contributed by atoms with Crippen molar-refractivity contribution < 1.29 is 14.6 Å². The van der Waals surface area contributed by atoms with Crippen LogP contribution in [0, 0.1) is 5.92 Å². The molecule has 0 fully saturated rings. The first kappa shape index (κ1) is 20.1. The number of aliphatic hydroxyl groups is 1. The fraction of sp³-hybridized carbons (Fsp3) is 0.409.